The summed E-state index contributed by atoms with van der Waals surface area (Å²) in [6, 6.07) is 23.6. The Labute approximate surface area is 136 Å². The van der Waals surface area contributed by atoms with Crippen molar-refractivity contribution in [3.63, 3.8) is 0 Å². The van der Waals surface area contributed by atoms with Crippen LogP contribution in [-0.4, -0.2) is 9.38 Å². The van der Waals surface area contributed by atoms with Gasteiger partial charge in [-0.15, -0.1) is 0 Å². The number of hydrogen-bond donors (Lipinski definition) is 0. The van der Waals surface area contributed by atoms with E-state index >= 15 is 0 Å². The van der Waals surface area contributed by atoms with Gasteiger partial charge in [-0.2, -0.15) is 0 Å². The molecule has 2 nitrogen and oxygen atoms in total. The molecule has 0 unspecified atom stereocenters. The molecule has 0 radical (unpaired) electrons. The molecule has 1 aromatic carbocycles. The number of nitrogens with zero attached hydrogens (tertiary/aromatic N) is 2. The second kappa shape index (κ2) is 5.73. The van der Waals surface area contributed by atoms with Crippen molar-refractivity contribution in [1.29, 1.82) is 0 Å². The lowest BCUT2D eigenvalue weighted by molar-refractivity contribution is 0.983. The Morgan fingerprint density at radius 1 is 0.870 bits per heavy atom. The molecule has 0 spiro atoms. The van der Waals surface area contributed by atoms with Crippen LogP contribution in [0.3, 0.4) is 0 Å². The van der Waals surface area contributed by atoms with Crippen LogP contribution in [0.25, 0.3) is 16.6 Å². The minimum Gasteiger partial charge on any atom is -0.317 e. The monoisotopic (exact) mass is 298 g/mol. The van der Waals surface area contributed by atoms with Gasteiger partial charge in [0.2, 0.25) is 0 Å². The van der Waals surface area contributed by atoms with Gasteiger partial charge in [0.15, 0.2) is 0 Å². The molecule has 112 valence electrons. The molecule has 0 fully saturated rings. The molecule has 0 saturated heterocycles. The van der Waals surface area contributed by atoms with E-state index in [4.69, 9.17) is 0 Å². The Kier molecular flexibility index (Phi) is 3.43. The summed E-state index contributed by atoms with van der Waals surface area (Å²) in [6.07, 6.45) is 4.62. The zero-order chi connectivity index (χ0) is 15.6. The minimum absolute atomic E-state index is 0.895. The van der Waals surface area contributed by atoms with Crippen molar-refractivity contribution in [2.75, 3.05) is 0 Å². The number of fused-ring (bicyclic) bond motifs is 1. The normalized spacial score (nSPS) is 11.0. The zero-order valence-corrected chi connectivity index (χ0v) is 13.1. The van der Waals surface area contributed by atoms with Gasteiger partial charge in [-0.05, 0) is 48.4 Å². The van der Waals surface area contributed by atoms with Crippen molar-refractivity contribution in [3.8, 4) is 11.1 Å². The van der Waals surface area contributed by atoms with E-state index < -0.39 is 0 Å². The Hall–Kier alpha value is -2.87. The van der Waals surface area contributed by atoms with E-state index in [-0.39, 0.29) is 0 Å². The van der Waals surface area contributed by atoms with Crippen molar-refractivity contribution in [1.82, 2.24) is 9.38 Å². The molecule has 3 aromatic heterocycles. The van der Waals surface area contributed by atoms with E-state index in [0.717, 1.165) is 6.42 Å². The van der Waals surface area contributed by atoms with Crippen LogP contribution in [0.2, 0.25) is 0 Å². The van der Waals surface area contributed by atoms with Crippen LogP contribution in [-0.2, 0) is 6.42 Å². The zero-order valence-electron chi connectivity index (χ0n) is 13.1. The SMILES string of the molecule is Cc1cccc2cc(-c3ccccc3)c(Cc3ccncc3)n12. The molecule has 0 N–H and O–H groups in total. The fraction of sp³-hybridized carbons (Fsp3) is 0.0952. The van der Waals surface area contributed by atoms with Crippen LogP contribution in [0, 0.1) is 6.92 Å². The summed E-state index contributed by atoms with van der Waals surface area (Å²) in [6.45, 7) is 2.16. The highest BCUT2D eigenvalue weighted by Crippen LogP contribution is 2.30. The molecule has 0 amide bonds. The van der Waals surface area contributed by atoms with Crippen LogP contribution in [0.1, 0.15) is 17.0 Å². The van der Waals surface area contributed by atoms with E-state index in [1.54, 1.807) is 0 Å². The Bertz CT molecular complexity index is 938. The molecule has 0 aliphatic heterocycles. The van der Waals surface area contributed by atoms with E-state index in [2.05, 4.69) is 83.0 Å². The van der Waals surface area contributed by atoms with Crippen LogP contribution < -0.4 is 0 Å². The molecule has 0 aliphatic carbocycles. The molecular weight excluding hydrogens is 280 g/mol. The molecule has 23 heavy (non-hydrogen) atoms. The highest BCUT2D eigenvalue weighted by molar-refractivity contribution is 5.74. The van der Waals surface area contributed by atoms with Gasteiger partial charge in [0.1, 0.15) is 0 Å². The third-order valence-corrected chi connectivity index (χ3v) is 4.29. The van der Waals surface area contributed by atoms with Crippen molar-refractivity contribution in [2.24, 2.45) is 0 Å². The number of pyridine rings is 2. The van der Waals surface area contributed by atoms with Crippen LogP contribution in [0.5, 0.6) is 0 Å². The standard InChI is InChI=1S/C21H18N2/c1-16-6-5-9-19-15-20(18-7-3-2-4-8-18)21(23(16)19)14-17-10-12-22-13-11-17/h2-13,15H,14H2,1H3. The second-order valence-corrected chi connectivity index (χ2v) is 5.83. The summed E-state index contributed by atoms with van der Waals surface area (Å²) in [4.78, 5) is 4.13. The number of aromatic nitrogens is 2. The average molecular weight is 298 g/mol. The first-order chi connectivity index (χ1) is 11.3. The van der Waals surface area contributed by atoms with Gasteiger partial charge >= 0.3 is 0 Å². The molecule has 0 aliphatic rings. The number of benzene rings is 1. The summed E-state index contributed by atoms with van der Waals surface area (Å²) in [5, 5.41) is 0. The van der Waals surface area contributed by atoms with E-state index in [1.807, 2.05) is 12.4 Å². The highest BCUT2D eigenvalue weighted by atomic mass is 14.9. The third kappa shape index (κ3) is 2.53. The molecule has 0 atom stereocenters. The Morgan fingerprint density at radius 3 is 2.43 bits per heavy atom. The molecule has 3 heterocycles. The Balaban J connectivity index is 1.95. The van der Waals surface area contributed by atoms with Crippen LogP contribution >= 0.6 is 0 Å². The quantitative estimate of drug-likeness (QED) is 0.526. The lowest BCUT2D eigenvalue weighted by Gasteiger charge is -2.10. The minimum atomic E-state index is 0.895. The smallest absolute Gasteiger partial charge is 0.0462 e. The maximum atomic E-state index is 4.13. The summed E-state index contributed by atoms with van der Waals surface area (Å²) >= 11 is 0. The van der Waals surface area contributed by atoms with E-state index in [9.17, 15) is 0 Å². The first-order valence-corrected chi connectivity index (χ1v) is 7.87. The van der Waals surface area contributed by atoms with Crippen molar-refractivity contribution < 1.29 is 0 Å². The summed E-state index contributed by atoms with van der Waals surface area (Å²) in [5.74, 6) is 0. The fourth-order valence-corrected chi connectivity index (χ4v) is 3.21. The predicted molar refractivity (Wildman–Crippen MR) is 94.6 cm³/mol. The first-order valence-electron chi connectivity index (χ1n) is 7.87. The first kappa shape index (κ1) is 13.8. The van der Waals surface area contributed by atoms with Gasteiger partial charge in [0, 0.05) is 41.3 Å². The summed E-state index contributed by atoms with van der Waals surface area (Å²) < 4.78 is 2.36. The van der Waals surface area contributed by atoms with Gasteiger partial charge in [0.05, 0.1) is 0 Å². The van der Waals surface area contributed by atoms with Crippen LogP contribution in [0.15, 0.2) is 79.1 Å². The fourth-order valence-electron chi connectivity index (χ4n) is 3.21. The second-order valence-electron chi connectivity index (χ2n) is 5.83. The van der Waals surface area contributed by atoms with E-state index in [0.29, 0.717) is 0 Å². The van der Waals surface area contributed by atoms with Crippen LogP contribution in [0.4, 0.5) is 0 Å². The maximum Gasteiger partial charge on any atom is 0.0462 e. The highest BCUT2D eigenvalue weighted by Gasteiger charge is 2.13. The summed E-state index contributed by atoms with van der Waals surface area (Å²) in [7, 11) is 0. The molecular formula is C21H18N2. The number of hydrogen-bond acceptors (Lipinski definition) is 1. The van der Waals surface area contributed by atoms with E-state index in [1.165, 1.54) is 33.6 Å². The van der Waals surface area contributed by atoms with Gasteiger partial charge in [-0.25, -0.2) is 0 Å². The lowest BCUT2D eigenvalue weighted by atomic mass is 10.0. The molecule has 0 saturated carbocycles. The average Bonchev–Trinajstić information content (AvgIpc) is 2.96. The molecule has 4 rings (SSSR count). The van der Waals surface area contributed by atoms with Gasteiger partial charge in [-0.3, -0.25) is 4.98 Å². The summed E-state index contributed by atoms with van der Waals surface area (Å²) in [5.41, 5.74) is 7.67. The van der Waals surface area contributed by atoms with Crippen molar-refractivity contribution in [3.05, 3.63) is 96.1 Å². The topological polar surface area (TPSA) is 17.3 Å². The van der Waals surface area contributed by atoms with Gasteiger partial charge < -0.3 is 4.40 Å². The van der Waals surface area contributed by atoms with Crippen molar-refractivity contribution >= 4 is 5.52 Å². The largest absolute Gasteiger partial charge is 0.317 e. The lowest BCUT2D eigenvalue weighted by Crippen LogP contribution is -1.99. The van der Waals surface area contributed by atoms with Gasteiger partial charge in [0.25, 0.3) is 0 Å². The molecule has 2 heteroatoms. The van der Waals surface area contributed by atoms with Gasteiger partial charge in [-0.1, -0.05) is 36.4 Å². The number of aryl methyl sites for hydroxylation is 1. The number of rotatable bonds is 3. The predicted octanol–water partition coefficient (Wildman–Crippen LogP) is 4.90. The van der Waals surface area contributed by atoms with Crippen molar-refractivity contribution in [2.45, 2.75) is 13.3 Å². The Morgan fingerprint density at radius 2 is 1.65 bits per heavy atom. The molecule has 0 bridgehead atoms. The maximum absolute atomic E-state index is 4.13. The molecule has 4 aromatic rings. The third-order valence-electron chi connectivity index (χ3n) is 4.29.